The molecular formula is C76H96N20O12. The number of nitrogens with zero attached hydrogens (tertiary/aromatic N) is 12. The molecule has 572 valence electrons. The van der Waals surface area contributed by atoms with E-state index < -0.39 is 48.5 Å². The number of carbonyl (C=O) groups is 8. The quantitative estimate of drug-likeness (QED) is 0.0330. The van der Waals surface area contributed by atoms with Crippen LogP contribution in [0.1, 0.15) is 199 Å². The fraction of sp³-hybridized carbons (Fsp3) is 0.526. The highest BCUT2D eigenvalue weighted by atomic mass is 16.5. The maximum atomic E-state index is 13.6. The molecule has 8 atom stereocenters. The van der Waals surface area contributed by atoms with Crippen LogP contribution in [-0.2, 0) is 63.8 Å². The number of amides is 8. The van der Waals surface area contributed by atoms with Crippen molar-refractivity contribution in [2.75, 3.05) is 54.6 Å². The van der Waals surface area contributed by atoms with Crippen LogP contribution in [0.5, 0.6) is 0 Å². The van der Waals surface area contributed by atoms with Crippen molar-refractivity contribution >= 4 is 93.6 Å². The van der Waals surface area contributed by atoms with Crippen molar-refractivity contribution in [3.8, 4) is 0 Å². The first-order valence-electron chi connectivity index (χ1n) is 37.3. The normalized spacial score (nSPS) is 20.1. The lowest BCUT2D eigenvalue weighted by Crippen LogP contribution is -2.51. The number of aromatic nitrogens is 8. The standard InChI is InChI=1S/2C38H48N10O6/c1-19(2)31(45-37(51)53-5)35(49)47-11-7-9-29(47)33-39-17-27(43-33)25-15-21-13-24-22(14-23(21)41-25)16-26(42-24)28-18-40-34(44-28)30-10-8-12-48(30)36(50)32(20(3)4)46-38(52)54-6;1-19(2)31(45-37(51)53-5)35(49)47-11-7-9-29(47)33-39-17-27(43-33)25-14-21-13-22-15-26(42-24(22)16-23(21)41-25)28-18-40-34(44-28)30-10-8-12-48(30)36(50)32(20(3)4)46-38(52)54-6/h13-14,17-20,29-32H,7-12,15-16H2,1-6H3,(H,39,43)(H,40,44)(H,45,51)(H,46,52);13,16-20,29-32H,7-12,14-15H2,1-6H3,(H,39,43)(H,40,44)(H,45,51)(H,46,52)/t2*29-,30-,31-,32-/m00/s1. The van der Waals surface area contributed by atoms with Crippen LogP contribution in [0.4, 0.5) is 41.9 Å². The third kappa shape index (κ3) is 15.4. The number of imidazole rings is 4. The minimum Gasteiger partial charge on any atom is -0.453 e. The van der Waals surface area contributed by atoms with E-state index in [2.05, 4.69) is 79.3 Å². The van der Waals surface area contributed by atoms with Crippen LogP contribution in [-0.4, -0.2) is 209 Å². The molecule has 4 saturated heterocycles. The number of nitrogens with one attached hydrogen (secondary N) is 8. The second kappa shape index (κ2) is 31.8. The van der Waals surface area contributed by atoms with Crippen LogP contribution < -0.4 is 21.3 Å². The predicted octanol–water partition coefficient (Wildman–Crippen LogP) is 9.15. The molecule has 4 fully saturated rings. The molecule has 32 heteroatoms. The molecule has 8 aliphatic heterocycles. The van der Waals surface area contributed by atoms with Gasteiger partial charge in [0.1, 0.15) is 47.5 Å². The Labute approximate surface area is 625 Å². The number of H-pyrrole nitrogens is 4. The molecule has 8 amide bonds. The highest BCUT2D eigenvalue weighted by Crippen LogP contribution is 2.43. The van der Waals surface area contributed by atoms with Gasteiger partial charge in [-0.3, -0.25) is 39.1 Å². The number of aromatic amines is 4. The summed E-state index contributed by atoms with van der Waals surface area (Å²) < 4.78 is 19.0. The van der Waals surface area contributed by atoms with Gasteiger partial charge in [-0.25, -0.2) is 39.1 Å². The van der Waals surface area contributed by atoms with Gasteiger partial charge >= 0.3 is 24.4 Å². The average molecular weight is 1480 g/mol. The van der Waals surface area contributed by atoms with E-state index >= 15 is 0 Å². The first-order chi connectivity index (χ1) is 51.9. The van der Waals surface area contributed by atoms with Gasteiger partial charge < -0.3 is 79.8 Å². The highest BCUT2D eigenvalue weighted by molar-refractivity contribution is 6.10. The van der Waals surface area contributed by atoms with Crippen LogP contribution >= 0.6 is 0 Å². The maximum absolute atomic E-state index is 13.6. The zero-order valence-electron chi connectivity index (χ0n) is 63.1. The Morgan fingerprint density at radius 2 is 0.574 bits per heavy atom. The van der Waals surface area contributed by atoms with Gasteiger partial charge in [-0.1, -0.05) is 61.5 Å². The number of alkyl carbamates (subject to hydrolysis) is 4. The summed E-state index contributed by atoms with van der Waals surface area (Å²) in [4.78, 5) is 162. The van der Waals surface area contributed by atoms with Crippen molar-refractivity contribution in [2.24, 2.45) is 43.6 Å². The van der Waals surface area contributed by atoms with E-state index in [0.717, 1.165) is 142 Å². The largest absolute Gasteiger partial charge is 0.453 e. The number of hydrogen-bond acceptors (Lipinski definition) is 20. The summed E-state index contributed by atoms with van der Waals surface area (Å²) in [6, 6.07) is 4.68. The number of ether oxygens (including phenoxy) is 4. The van der Waals surface area contributed by atoms with E-state index in [1.165, 1.54) is 28.4 Å². The van der Waals surface area contributed by atoms with Gasteiger partial charge in [-0.05, 0) is 115 Å². The lowest BCUT2D eigenvalue weighted by Gasteiger charge is -2.30. The summed E-state index contributed by atoms with van der Waals surface area (Å²) in [5.74, 6) is 1.75. The molecule has 0 unspecified atom stereocenters. The number of methoxy groups -OCH3 is 4. The second-order valence-corrected chi connectivity index (χ2v) is 30.1. The topological polar surface area (TPSA) is 399 Å². The Morgan fingerprint density at radius 3 is 0.796 bits per heavy atom. The molecule has 0 spiro atoms. The fourth-order valence-corrected chi connectivity index (χ4v) is 15.8. The summed E-state index contributed by atoms with van der Waals surface area (Å²) >= 11 is 0. The number of aliphatic imine (C=N–C) groups is 4. The van der Waals surface area contributed by atoms with Gasteiger partial charge in [0.15, 0.2) is 0 Å². The van der Waals surface area contributed by atoms with E-state index in [9.17, 15) is 38.4 Å². The number of hydrogen-bond donors (Lipinski definition) is 8. The SMILES string of the molecule is COC(=O)N[C@H](C(=O)N1CCC[C@H]1c1ncc(C2=Nc3cc4c(cc3C2)CC(c2cnc([C@@H]3CCCN3C(=O)[C@@H](NC(=O)OC)C(C)C)[nH]2)=N4)[nH]1)C(C)C.COC(=O)N[C@H](C(=O)N1CCC[C@H]1c1ncc(C2=Nc3cc4c(cc3C2)N=C(c2cnc([C@@H]3CCCN3C(=O)[C@@H](NC(=O)OC)C(C)C)[nH]2)C4)[nH]1)C(C)C. The summed E-state index contributed by atoms with van der Waals surface area (Å²) in [5, 5.41) is 10.8. The van der Waals surface area contributed by atoms with E-state index in [1.54, 1.807) is 44.4 Å². The summed E-state index contributed by atoms with van der Waals surface area (Å²) in [6.45, 7) is 17.5. The Balaban J connectivity index is 0.000000190. The fourth-order valence-electron chi connectivity index (χ4n) is 15.8. The zero-order chi connectivity index (χ0) is 76.5. The number of carbonyl (C=O) groups excluding carboxylic acids is 8. The molecule has 12 heterocycles. The minimum atomic E-state index is -0.698. The van der Waals surface area contributed by atoms with Gasteiger partial charge in [0.05, 0.1) is 146 Å². The van der Waals surface area contributed by atoms with Crippen molar-refractivity contribution in [3.63, 3.8) is 0 Å². The highest BCUT2D eigenvalue weighted by Gasteiger charge is 2.43. The molecule has 8 N–H and O–H groups in total. The lowest BCUT2D eigenvalue weighted by molar-refractivity contribution is -0.136. The summed E-state index contributed by atoms with van der Waals surface area (Å²) in [7, 11) is 5.14. The van der Waals surface area contributed by atoms with E-state index in [1.807, 2.05) is 61.5 Å². The van der Waals surface area contributed by atoms with Crippen molar-refractivity contribution in [1.82, 2.24) is 80.7 Å². The monoisotopic (exact) mass is 1480 g/mol. The molecular weight excluding hydrogens is 1380 g/mol. The molecule has 6 aromatic rings. The van der Waals surface area contributed by atoms with E-state index in [0.29, 0.717) is 75.2 Å². The molecule has 2 aromatic carbocycles. The summed E-state index contributed by atoms with van der Waals surface area (Å²) in [5.41, 5.74) is 14.6. The van der Waals surface area contributed by atoms with Gasteiger partial charge in [-0.2, -0.15) is 0 Å². The molecule has 32 nitrogen and oxygen atoms in total. The maximum Gasteiger partial charge on any atom is 0.407 e. The van der Waals surface area contributed by atoms with Crippen molar-refractivity contribution < 1.29 is 57.3 Å². The van der Waals surface area contributed by atoms with Gasteiger partial charge in [0.25, 0.3) is 0 Å². The van der Waals surface area contributed by atoms with Gasteiger partial charge in [-0.15, -0.1) is 0 Å². The number of fused-ring (bicyclic) bond motifs is 4. The van der Waals surface area contributed by atoms with Gasteiger partial charge in [0.2, 0.25) is 23.6 Å². The second-order valence-electron chi connectivity index (χ2n) is 30.1. The zero-order valence-corrected chi connectivity index (χ0v) is 63.1. The molecule has 0 radical (unpaired) electrons. The smallest absolute Gasteiger partial charge is 0.407 e. The predicted molar refractivity (Wildman–Crippen MR) is 398 cm³/mol. The summed E-state index contributed by atoms with van der Waals surface area (Å²) in [6.07, 6.45) is 13.5. The van der Waals surface area contributed by atoms with Crippen molar-refractivity contribution in [2.45, 2.75) is 181 Å². The Morgan fingerprint density at radius 1 is 0.352 bits per heavy atom. The van der Waals surface area contributed by atoms with E-state index in [4.69, 9.17) is 38.9 Å². The lowest BCUT2D eigenvalue weighted by atomic mass is 10.0. The third-order valence-corrected chi connectivity index (χ3v) is 21.6. The van der Waals surface area contributed by atoms with Crippen LogP contribution in [0.25, 0.3) is 0 Å². The number of likely N-dealkylation sites (tertiary alicyclic amines) is 4. The Kier molecular flexibility index (Phi) is 22.1. The molecule has 14 rings (SSSR count). The molecule has 0 saturated carbocycles. The minimum absolute atomic E-state index is 0.114. The van der Waals surface area contributed by atoms with Crippen LogP contribution in [0, 0.1) is 23.7 Å². The third-order valence-electron chi connectivity index (χ3n) is 21.6. The molecule has 0 aliphatic carbocycles. The Hall–Kier alpha value is -11.1. The number of benzene rings is 2. The first kappa shape index (κ1) is 75.2. The first-order valence-corrected chi connectivity index (χ1v) is 37.3. The Bertz CT molecular complexity index is 4320. The van der Waals surface area contributed by atoms with Crippen LogP contribution in [0.3, 0.4) is 0 Å². The average Bonchev–Trinajstić information content (AvgIpc) is 1.62. The van der Waals surface area contributed by atoms with E-state index in [-0.39, 0.29) is 71.5 Å². The van der Waals surface area contributed by atoms with Gasteiger partial charge in [0, 0.05) is 51.9 Å². The number of rotatable bonds is 20. The molecule has 108 heavy (non-hydrogen) atoms. The molecule has 0 bridgehead atoms. The van der Waals surface area contributed by atoms with Crippen molar-refractivity contribution in [3.05, 3.63) is 117 Å². The molecule has 8 aliphatic rings. The molecule has 4 aromatic heterocycles. The van der Waals surface area contributed by atoms with Crippen molar-refractivity contribution in [1.29, 1.82) is 0 Å². The van der Waals surface area contributed by atoms with Crippen LogP contribution in [0.2, 0.25) is 0 Å². The van der Waals surface area contributed by atoms with Crippen LogP contribution in [0.15, 0.2) is 69.0 Å².